The van der Waals surface area contributed by atoms with Crippen molar-refractivity contribution in [3.8, 4) is 0 Å². The highest BCUT2D eigenvalue weighted by atomic mass is 16.8. The van der Waals surface area contributed by atoms with E-state index in [0.717, 1.165) is 6.92 Å². The number of hydrogen-bond donors (Lipinski definition) is 7. The number of esters is 2. The third-order valence-corrected chi connectivity index (χ3v) is 5.48. The number of carbonyl (C=O) groups is 2. The van der Waals surface area contributed by atoms with E-state index >= 15 is 0 Å². The molecule has 0 aromatic carbocycles. The monoisotopic (exact) mass is 454 g/mol. The van der Waals surface area contributed by atoms with E-state index in [1.54, 1.807) is 0 Å². The van der Waals surface area contributed by atoms with Crippen LogP contribution < -0.4 is 0 Å². The molecule has 13 nitrogen and oxygen atoms in total. The molecule has 9 atom stereocenters. The van der Waals surface area contributed by atoms with E-state index < -0.39 is 91.8 Å². The third kappa shape index (κ3) is 4.17. The maximum absolute atomic E-state index is 12.3. The molecule has 7 N–H and O–H groups in total. The van der Waals surface area contributed by atoms with Crippen LogP contribution in [0.5, 0.6) is 0 Å². The van der Waals surface area contributed by atoms with Crippen LogP contribution in [0.25, 0.3) is 0 Å². The van der Waals surface area contributed by atoms with Gasteiger partial charge < -0.3 is 54.7 Å². The van der Waals surface area contributed by atoms with Gasteiger partial charge in [0.2, 0.25) is 0 Å². The lowest BCUT2D eigenvalue weighted by Gasteiger charge is -2.55. The Morgan fingerprint density at radius 2 is 1.48 bits per heavy atom. The highest BCUT2D eigenvalue weighted by Gasteiger charge is 2.75. The van der Waals surface area contributed by atoms with E-state index in [4.69, 9.17) is 18.9 Å². The van der Waals surface area contributed by atoms with Crippen LogP contribution in [0, 0.1) is 5.92 Å². The topological polar surface area (TPSA) is 213 Å². The second-order valence-corrected chi connectivity index (χ2v) is 7.92. The molecule has 2 rings (SSSR count). The second kappa shape index (κ2) is 9.60. The molecule has 13 heteroatoms. The van der Waals surface area contributed by atoms with Crippen molar-refractivity contribution >= 4 is 11.9 Å². The van der Waals surface area contributed by atoms with Gasteiger partial charge in [-0.2, -0.15) is 0 Å². The van der Waals surface area contributed by atoms with Crippen LogP contribution in [0.15, 0.2) is 0 Å². The van der Waals surface area contributed by atoms with Gasteiger partial charge in [0.15, 0.2) is 11.7 Å². The minimum absolute atomic E-state index is 0.759. The van der Waals surface area contributed by atoms with E-state index in [9.17, 15) is 45.3 Å². The van der Waals surface area contributed by atoms with Crippen molar-refractivity contribution in [2.45, 2.75) is 74.9 Å². The summed E-state index contributed by atoms with van der Waals surface area (Å²) in [4.78, 5) is 24.4. The predicted octanol–water partition coefficient (Wildman–Crippen LogP) is -4.23. The summed E-state index contributed by atoms with van der Waals surface area (Å²) in [6, 6.07) is 0. The Labute approximate surface area is 177 Å². The maximum atomic E-state index is 12.3. The quantitative estimate of drug-likeness (QED) is 0.182. The zero-order valence-electron chi connectivity index (χ0n) is 17.3. The third-order valence-electron chi connectivity index (χ3n) is 5.48. The molecule has 180 valence electrons. The Bertz CT molecular complexity index is 656. The minimum atomic E-state index is -2.84. The van der Waals surface area contributed by atoms with Gasteiger partial charge in [0, 0.05) is 6.92 Å². The van der Waals surface area contributed by atoms with Gasteiger partial charge in [0.05, 0.1) is 25.7 Å². The summed E-state index contributed by atoms with van der Waals surface area (Å²) < 4.78 is 21.6. The van der Waals surface area contributed by atoms with Gasteiger partial charge in [-0.05, 0) is 0 Å². The number of rotatable bonds is 7. The molecular weight excluding hydrogens is 424 g/mol. The van der Waals surface area contributed by atoms with Crippen LogP contribution in [-0.2, 0) is 28.5 Å². The van der Waals surface area contributed by atoms with Crippen molar-refractivity contribution in [2.75, 3.05) is 19.8 Å². The summed E-state index contributed by atoms with van der Waals surface area (Å²) in [6.45, 7) is 0.840. The Morgan fingerprint density at radius 1 is 0.935 bits per heavy atom. The zero-order chi connectivity index (χ0) is 23.7. The van der Waals surface area contributed by atoms with E-state index in [-0.39, 0.29) is 0 Å². The average Bonchev–Trinajstić information content (AvgIpc) is 2.98. The number of aliphatic hydroxyl groups is 7. The Morgan fingerprint density at radius 3 is 1.90 bits per heavy atom. The van der Waals surface area contributed by atoms with Gasteiger partial charge in [-0.3, -0.25) is 9.59 Å². The molecule has 31 heavy (non-hydrogen) atoms. The average molecular weight is 454 g/mol. The van der Waals surface area contributed by atoms with Crippen molar-refractivity contribution in [1.82, 2.24) is 0 Å². The molecule has 2 saturated heterocycles. The summed E-state index contributed by atoms with van der Waals surface area (Å²) >= 11 is 0. The van der Waals surface area contributed by atoms with E-state index in [1.807, 2.05) is 0 Å². The molecule has 2 heterocycles. The molecule has 2 aliphatic rings. The maximum Gasteiger partial charge on any atom is 0.308 e. The standard InChI is InChI=1S/C18H30O13/c1-7(2)16(27)28-15-13(25)11(23)9(4-19)31-18(15,29-8(3)22)17(6-21)14(26)12(24)10(5-20)30-17/h7,9-15,19-21,23-26H,4-6H2,1-3H3. The van der Waals surface area contributed by atoms with Crippen LogP contribution in [0.2, 0.25) is 0 Å². The fraction of sp³-hybridized carbons (Fsp3) is 0.889. The Balaban J connectivity index is 2.75. The smallest absolute Gasteiger partial charge is 0.308 e. The lowest BCUT2D eigenvalue weighted by Crippen LogP contribution is -2.79. The van der Waals surface area contributed by atoms with Crippen molar-refractivity contribution in [3.05, 3.63) is 0 Å². The molecule has 0 spiro atoms. The second-order valence-electron chi connectivity index (χ2n) is 7.92. The van der Waals surface area contributed by atoms with Gasteiger partial charge >= 0.3 is 11.9 Å². The van der Waals surface area contributed by atoms with E-state index in [1.165, 1.54) is 13.8 Å². The van der Waals surface area contributed by atoms with Crippen molar-refractivity contribution in [2.24, 2.45) is 5.92 Å². The molecule has 2 aliphatic heterocycles. The summed E-state index contributed by atoms with van der Waals surface area (Å²) in [5.74, 6) is -5.63. The molecule has 9 unspecified atom stereocenters. The number of hydrogen-bond acceptors (Lipinski definition) is 13. The molecule has 0 saturated carbocycles. The molecule has 2 fully saturated rings. The van der Waals surface area contributed by atoms with Crippen LogP contribution in [-0.4, -0.2) is 122 Å². The lowest BCUT2D eigenvalue weighted by atomic mass is 9.77. The fourth-order valence-corrected chi connectivity index (χ4v) is 3.83. The molecule has 0 bridgehead atoms. The van der Waals surface area contributed by atoms with Crippen molar-refractivity contribution in [1.29, 1.82) is 0 Å². The normalized spacial score (nSPS) is 43.1. The zero-order valence-corrected chi connectivity index (χ0v) is 17.3. The Hall–Kier alpha value is -1.42. The van der Waals surface area contributed by atoms with Gasteiger partial charge in [-0.1, -0.05) is 13.8 Å². The van der Waals surface area contributed by atoms with Crippen LogP contribution in [0.3, 0.4) is 0 Å². The first-order valence-electron chi connectivity index (χ1n) is 9.72. The Kier molecular flexibility index (Phi) is 8.00. The summed E-state index contributed by atoms with van der Waals surface area (Å²) in [5, 5.41) is 71.4. The van der Waals surface area contributed by atoms with Crippen LogP contribution >= 0.6 is 0 Å². The largest absolute Gasteiger partial charge is 0.452 e. The summed E-state index contributed by atoms with van der Waals surface area (Å²) in [5.41, 5.74) is -2.60. The molecule has 0 aliphatic carbocycles. The summed E-state index contributed by atoms with van der Waals surface area (Å²) in [7, 11) is 0. The first-order chi connectivity index (χ1) is 14.4. The minimum Gasteiger partial charge on any atom is -0.452 e. The highest BCUT2D eigenvalue weighted by molar-refractivity contribution is 5.72. The first-order valence-corrected chi connectivity index (χ1v) is 9.72. The highest BCUT2D eigenvalue weighted by Crippen LogP contribution is 2.49. The molecule has 0 aromatic heterocycles. The number of aliphatic hydroxyl groups excluding tert-OH is 7. The van der Waals surface area contributed by atoms with Gasteiger partial charge in [-0.25, -0.2) is 0 Å². The van der Waals surface area contributed by atoms with Crippen LogP contribution in [0.4, 0.5) is 0 Å². The molecule has 0 amide bonds. The van der Waals surface area contributed by atoms with E-state index in [0.29, 0.717) is 0 Å². The first kappa shape index (κ1) is 25.8. The fourth-order valence-electron chi connectivity index (χ4n) is 3.83. The van der Waals surface area contributed by atoms with E-state index in [2.05, 4.69) is 0 Å². The predicted molar refractivity (Wildman–Crippen MR) is 97.0 cm³/mol. The molecular formula is C18H30O13. The SMILES string of the molecule is CC(=O)OC1(C2(CO)OC(CO)C(O)C2O)OC(CO)C(O)C(O)C1OC(=O)C(C)C. The van der Waals surface area contributed by atoms with Crippen LogP contribution in [0.1, 0.15) is 20.8 Å². The van der Waals surface area contributed by atoms with Gasteiger partial charge in [0.1, 0.15) is 36.6 Å². The molecule has 0 radical (unpaired) electrons. The lowest BCUT2D eigenvalue weighted by molar-refractivity contribution is -0.414. The number of carbonyl (C=O) groups excluding carboxylic acids is 2. The van der Waals surface area contributed by atoms with Gasteiger partial charge in [0.25, 0.3) is 5.79 Å². The number of ether oxygens (including phenoxy) is 4. The van der Waals surface area contributed by atoms with Gasteiger partial charge in [-0.15, -0.1) is 0 Å². The summed E-state index contributed by atoms with van der Waals surface area (Å²) in [6.07, 6.45) is -13.0. The van der Waals surface area contributed by atoms with Crippen molar-refractivity contribution in [3.63, 3.8) is 0 Å². The van der Waals surface area contributed by atoms with Crippen molar-refractivity contribution < 1.29 is 64.3 Å². The molecule has 0 aromatic rings.